The van der Waals surface area contributed by atoms with Crippen LogP contribution in [0.1, 0.15) is 0 Å². The van der Waals surface area contributed by atoms with E-state index in [2.05, 4.69) is 14.9 Å². The van der Waals surface area contributed by atoms with E-state index in [9.17, 15) is 12.8 Å². The first-order valence-corrected chi connectivity index (χ1v) is 6.33. The highest BCUT2D eigenvalue weighted by atomic mass is 32.2. The van der Waals surface area contributed by atoms with Gasteiger partial charge in [0.1, 0.15) is 10.7 Å². The predicted octanol–water partition coefficient (Wildman–Crippen LogP) is 0.999. The van der Waals surface area contributed by atoms with E-state index in [-0.39, 0.29) is 11.5 Å². The minimum Gasteiger partial charge on any atom is -0.398 e. The number of nitrogen functional groups attached to an aromatic ring is 1. The molecule has 3 N–H and O–H groups in total. The molecule has 2 aromatic rings. The zero-order chi connectivity index (χ0) is 13.2. The van der Waals surface area contributed by atoms with Crippen LogP contribution in [0, 0.1) is 5.82 Å². The number of nitrogens with zero attached hydrogens (tertiary/aromatic N) is 2. The molecular formula is C10H9FN4O2S. The molecule has 1 aromatic heterocycles. The van der Waals surface area contributed by atoms with Gasteiger partial charge in [-0.1, -0.05) is 6.07 Å². The van der Waals surface area contributed by atoms with Crippen LogP contribution < -0.4 is 10.5 Å². The number of sulfonamides is 1. The van der Waals surface area contributed by atoms with Gasteiger partial charge < -0.3 is 5.73 Å². The van der Waals surface area contributed by atoms with Crippen molar-refractivity contribution in [1.82, 2.24) is 10.2 Å². The largest absolute Gasteiger partial charge is 0.398 e. The summed E-state index contributed by atoms with van der Waals surface area (Å²) in [5.41, 5.74) is 5.29. The minimum absolute atomic E-state index is 0.0137. The molecule has 0 aliphatic heterocycles. The van der Waals surface area contributed by atoms with Crippen LogP contribution in [0.5, 0.6) is 0 Å². The average molecular weight is 268 g/mol. The van der Waals surface area contributed by atoms with E-state index in [1.54, 1.807) is 0 Å². The second-order valence-corrected chi connectivity index (χ2v) is 4.99. The third-order valence-electron chi connectivity index (χ3n) is 2.08. The van der Waals surface area contributed by atoms with Crippen molar-refractivity contribution in [1.29, 1.82) is 0 Å². The molecule has 0 bridgehead atoms. The first kappa shape index (κ1) is 12.2. The van der Waals surface area contributed by atoms with Crippen molar-refractivity contribution < 1.29 is 12.8 Å². The molecule has 0 aliphatic carbocycles. The number of anilines is 2. The summed E-state index contributed by atoms with van der Waals surface area (Å²) < 4.78 is 39.5. The Morgan fingerprint density at radius 3 is 2.61 bits per heavy atom. The molecular weight excluding hydrogens is 259 g/mol. The summed E-state index contributed by atoms with van der Waals surface area (Å²) in [6.45, 7) is 0. The Balaban J connectivity index is 2.44. The van der Waals surface area contributed by atoms with Gasteiger partial charge in [0.2, 0.25) is 0 Å². The molecule has 94 valence electrons. The van der Waals surface area contributed by atoms with E-state index in [1.807, 2.05) is 0 Å². The van der Waals surface area contributed by atoms with Crippen molar-refractivity contribution in [3.05, 3.63) is 42.3 Å². The maximum Gasteiger partial charge on any atom is 0.268 e. The summed E-state index contributed by atoms with van der Waals surface area (Å²) in [4.78, 5) is -0.601. The fourth-order valence-corrected chi connectivity index (χ4v) is 2.54. The van der Waals surface area contributed by atoms with Crippen molar-refractivity contribution in [3.8, 4) is 0 Å². The quantitative estimate of drug-likeness (QED) is 0.809. The van der Waals surface area contributed by atoms with Gasteiger partial charge >= 0.3 is 0 Å². The maximum atomic E-state index is 13.5. The van der Waals surface area contributed by atoms with Gasteiger partial charge in [0.15, 0.2) is 5.82 Å². The van der Waals surface area contributed by atoms with Gasteiger partial charge in [0.25, 0.3) is 10.0 Å². The van der Waals surface area contributed by atoms with Crippen molar-refractivity contribution in [2.75, 3.05) is 10.5 Å². The second kappa shape index (κ2) is 4.57. The van der Waals surface area contributed by atoms with Crippen molar-refractivity contribution in [3.63, 3.8) is 0 Å². The van der Waals surface area contributed by atoms with Gasteiger partial charge in [0.05, 0.1) is 5.69 Å². The highest BCUT2D eigenvalue weighted by Gasteiger charge is 2.22. The van der Waals surface area contributed by atoms with Crippen molar-refractivity contribution in [2.24, 2.45) is 0 Å². The normalized spacial score (nSPS) is 11.2. The molecule has 0 amide bonds. The lowest BCUT2D eigenvalue weighted by molar-refractivity contribution is 0.571. The molecule has 0 aliphatic rings. The van der Waals surface area contributed by atoms with Gasteiger partial charge in [0, 0.05) is 6.20 Å². The molecule has 2 rings (SSSR count). The molecule has 0 saturated carbocycles. The van der Waals surface area contributed by atoms with Gasteiger partial charge in [-0.3, -0.25) is 4.72 Å². The number of hydrogen-bond donors (Lipinski definition) is 2. The van der Waals surface area contributed by atoms with E-state index in [4.69, 9.17) is 5.73 Å². The molecule has 1 heterocycles. The summed E-state index contributed by atoms with van der Waals surface area (Å²) in [5, 5.41) is 7.05. The maximum absolute atomic E-state index is 13.5. The molecule has 0 spiro atoms. The van der Waals surface area contributed by atoms with E-state index >= 15 is 0 Å². The summed E-state index contributed by atoms with van der Waals surface area (Å²) >= 11 is 0. The topological polar surface area (TPSA) is 98.0 Å². The van der Waals surface area contributed by atoms with Crippen LogP contribution in [0.4, 0.5) is 15.9 Å². The van der Waals surface area contributed by atoms with Crippen LogP contribution in [0.3, 0.4) is 0 Å². The Bertz CT molecular complexity index is 641. The molecule has 0 atom stereocenters. The van der Waals surface area contributed by atoms with Crippen molar-refractivity contribution in [2.45, 2.75) is 4.90 Å². The fraction of sp³-hybridized carbons (Fsp3) is 0. The predicted molar refractivity (Wildman–Crippen MR) is 63.7 cm³/mol. The second-order valence-electron chi connectivity index (χ2n) is 3.37. The first-order chi connectivity index (χ1) is 8.50. The lowest BCUT2D eigenvalue weighted by Crippen LogP contribution is -2.17. The molecule has 18 heavy (non-hydrogen) atoms. The Morgan fingerprint density at radius 2 is 2.00 bits per heavy atom. The third-order valence-corrected chi connectivity index (χ3v) is 3.52. The smallest absolute Gasteiger partial charge is 0.268 e. The van der Waals surface area contributed by atoms with Crippen LogP contribution >= 0.6 is 0 Å². The highest BCUT2D eigenvalue weighted by molar-refractivity contribution is 7.92. The number of benzene rings is 1. The number of nitrogens with two attached hydrogens (primary N) is 1. The number of nitrogens with one attached hydrogen (secondary N) is 1. The molecule has 1 aromatic carbocycles. The molecule has 6 nitrogen and oxygen atoms in total. The summed E-state index contributed by atoms with van der Waals surface area (Å²) in [6.07, 6.45) is 1.38. The standard InChI is InChI=1S/C10H9FN4O2S/c11-7-3-1-4-8(12)10(7)18(16,17)15-9-5-2-6-13-14-9/h1-6H,12H2,(H,14,15). The Kier molecular flexibility index (Phi) is 3.11. The Labute approximate surface area is 103 Å². The lowest BCUT2D eigenvalue weighted by atomic mass is 10.3. The number of hydrogen-bond acceptors (Lipinski definition) is 5. The third kappa shape index (κ3) is 2.38. The van der Waals surface area contributed by atoms with Gasteiger partial charge in [-0.25, -0.2) is 12.8 Å². The number of rotatable bonds is 3. The van der Waals surface area contributed by atoms with Crippen LogP contribution in [0.15, 0.2) is 41.4 Å². The lowest BCUT2D eigenvalue weighted by Gasteiger charge is -2.09. The van der Waals surface area contributed by atoms with Gasteiger partial charge in [-0.2, -0.15) is 5.10 Å². The molecule has 8 heteroatoms. The molecule has 0 unspecified atom stereocenters. The monoisotopic (exact) mass is 268 g/mol. The zero-order valence-corrected chi connectivity index (χ0v) is 9.86. The number of halogens is 1. The molecule has 0 fully saturated rings. The van der Waals surface area contributed by atoms with Crippen LogP contribution in [-0.4, -0.2) is 18.6 Å². The summed E-state index contributed by atoms with van der Waals surface area (Å²) in [6, 6.07) is 6.53. The van der Waals surface area contributed by atoms with Crippen LogP contribution in [0.25, 0.3) is 0 Å². The van der Waals surface area contributed by atoms with Gasteiger partial charge in [-0.15, -0.1) is 5.10 Å². The van der Waals surface area contributed by atoms with Gasteiger partial charge in [-0.05, 0) is 24.3 Å². The highest BCUT2D eigenvalue weighted by Crippen LogP contribution is 2.23. The molecule has 0 saturated heterocycles. The minimum atomic E-state index is -4.13. The first-order valence-electron chi connectivity index (χ1n) is 4.85. The SMILES string of the molecule is Nc1cccc(F)c1S(=O)(=O)Nc1cccnn1. The zero-order valence-electron chi connectivity index (χ0n) is 9.04. The van der Waals surface area contributed by atoms with Crippen LogP contribution in [-0.2, 0) is 10.0 Å². The summed E-state index contributed by atoms with van der Waals surface area (Å²) in [5.74, 6) is -0.938. The van der Waals surface area contributed by atoms with E-state index in [0.717, 1.165) is 6.07 Å². The summed E-state index contributed by atoms with van der Waals surface area (Å²) in [7, 11) is -4.13. The van der Waals surface area contributed by atoms with E-state index in [1.165, 1.54) is 30.5 Å². The molecule has 0 radical (unpaired) electrons. The number of aromatic nitrogens is 2. The Morgan fingerprint density at radius 1 is 1.22 bits per heavy atom. The van der Waals surface area contributed by atoms with Crippen LogP contribution in [0.2, 0.25) is 0 Å². The average Bonchev–Trinajstić information content (AvgIpc) is 2.28. The Hall–Kier alpha value is -2.22. The van der Waals surface area contributed by atoms with E-state index < -0.39 is 20.7 Å². The van der Waals surface area contributed by atoms with E-state index in [0.29, 0.717) is 0 Å². The van der Waals surface area contributed by atoms with Crippen molar-refractivity contribution >= 4 is 21.5 Å². The fourth-order valence-electron chi connectivity index (χ4n) is 1.35.